The number of carbonyl (C=O) groups is 2. The maximum Gasteiger partial charge on any atom is 0.273 e. The number of anilines is 1. The molecule has 0 spiro atoms. The molecule has 0 saturated carbocycles. The molecule has 3 heterocycles. The lowest BCUT2D eigenvalue weighted by Crippen LogP contribution is -2.36. The van der Waals surface area contributed by atoms with Crippen LogP contribution in [0.15, 0.2) is 30.3 Å². The van der Waals surface area contributed by atoms with Crippen LogP contribution in [0.4, 0.5) is 5.69 Å². The highest BCUT2D eigenvalue weighted by Crippen LogP contribution is 2.26. The highest BCUT2D eigenvalue weighted by molar-refractivity contribution is 6.08. The van der Waals surface area contributed by atoms with Gasteiger partial charge < -0.3 is 10.2 Å². The molecule has 2 aromatic heterocycles. The van der Waals surface area contributed by atoms with Crippen LogP contribution in [0.25, 0.3) is 11.3 Å². The van der Waals surface area contributed by atoms with E-state index >= 15 is 0 Å². The Bertz CT molecular complexity index is 1090. The third-order valence-corrected chi connectivity index (χ3v) is 5.64. The molecular formula is C22H26N6O2. The Morgan fingerprint density at radius 2 is 1.83 bits per heavy atom. The summed E-state index contributed by atoms with van der Waals surface area (Å²) < 4.78 is 1.79. The molecular weight excluding hydrogens is 380 g/mol. The van der Waals surface area contributed by atoms with Gasteiger partial charge in [-0.3, -0.25) is 19.4 Å². The number of likely N-dealkylation sites (tertiary alicyclic amines) is 1. The first-order chi connectivity index (χ1) is 14.5. The fourth-order valence-corrected chi connectivity index (χ4v) is 3.95. The molecule has 8 heteroatoms. The second kappa shape index (κ2) is 8.14. The summed E-state index contributed by atoms with van der Waals surface area (Å²) in [5.74, 6) is -0.385. The van der Waals surface area contributed by atoms with E-state index in [0.717, 1.165) is 49.3 Å². The van der Waals surface area contributed by atoms with Crippen LogP contribution in [0, 0.1) is 13.8 Å². The Labute approximate surface area is 175 Å². The Kier molecular flexibility index (Phi) is 5.39. The maximum absolute atomic E-state index is 13.0. The molecule has 1 aromatic carbocycles. The van der Waals surface area contributed by atoms with Crippen molar-refractivity contribution >= 4 is 17.5 Å². The molecule has 0 atom stereocenters. The standard InChI is InChI=1S/C22H26N6O2/c1-14-20(15(2)27(3)26-14)18-13-19(25-24-18)21(29)23-17-10-6-5-9-16(17)22(30)28-11-7-4-8-12-28/h5-6,9-10,13H,4,7-8,11-12H2,1-3H3,(H,23,29)(H,24,25). The topological polar surface area (TPSA) is 95.9 Å². The summed E-state index contributed by atoms with van der Waals surface area (Å²) in [6, 6.07) is 8.84. The van der Waals surface area contributed by atoms with Crippen molar-refractivity contribution in [2.24, 2.45) is 7.05 Å². The maximum atomic E-state index is 13.0. The molecule has 30 heavy (non-hydrogen) atoms. The predicted molar refractivity (Wildman–Crippen MR) is 114 cm³/mol. The number of aromatic amines is 1. The van der Waals surface area contributed by atoms with Gasteiger partial charge in [0.1, 0.15) is 5.69 Å². The van der Waals surface area contributed by atoms with Gasteiger partial charge in [-0.2, -0.15) is 10.2 Å². The van der Waals surface area contributed by atoms with E-state index < -0.39 is 0 Å². The third kappa shape index (κ3) is 3.72. The van der Waals surface area contributed by atoms with Gasteiger partial charge in [0.2, 0.25) is 0 Å². The Morgan fingerprint density at radius 1 is 1.10 bits per heavy atom. The zero-order valence-corrected chi connectivity index (χ0v) is 17.5. The summed E-state index contributed by atoms with van der Waals surface area (Å²) in [7, 11) is 1.88. The fourth-order valence-electron chi connectivity index (χ4n) is 3.95. The second-order valence-corrected chi connectivity index (χ2v) is 7.69. The van der Waals surface area contributed by atoms with Crippen molar-refractivity contribution in [1.82, 2.24) is 24.9 Å². The Hall–Kier alpha value is -3.42. The van der Waals surface area contributed by atoms with E-state index in [1.165, 1.54) is 0 Å². The van der Waals surface area contributed by atoms with Gasteiger partial charge in [-0.15, -0.1) is 0 Å². The number of H-pyrrole nitrogens is 1. The van der Waals surface area contributed by atoms with Crippen LogP contribution < -0.4 is 5.32 Å². The van der Waals surface area contributed by atoms with Crippen LogP contribution in [0.2, 0.25) is 0 Å². The highest BCUT2D eigenvalue weighted by Gasteiger charge is 2.22. The van der Waals surface area contributed by atoms with Crippen molar-refractivity contribution < 1.29 is 9.59 Å². The number of benzene rings is 1. The zero-order chi connectivity index (χ0) is 21.3. The number of nitrogens with one attached hydrogen (secondary N) is 2. The van der Waals surface area contributed by atoms with Gasteiger partial charge in [-0.05, 0) is 51.3 Å². The largest absolute Gasteiger partial charge is 0.339 e. The average Bonchev–Trinajstić information content (AvgIpc) is 3.33. The van der Waals surface area contributed by atoms with Crippen LogP contribution in [0.1, 0.15) is 51.5 Å². The smallest absolute Gasteiger partial charge is 0.273 e. The van der Waals surface area contributed by atoms with E-state index in [2.05, 4.69) is 20.6 Å². The number of hydrogen-bond donors (Lipinski definition) is 2. The van der Waals surface area contributed by atoms with E-state index in [1.54, 1.807) is 22.9 Å². The molecule has 0 unspecified atom stereocenters. The van der Waals surface area contributed by atoms with Gasteiger partial charge in [-0.25, -0.2) is 0 Å². The molecule has 2 amide bonds. The van der Waals surface area contributed by atoms with Gasteiger partial charge in [-0.1, -0.05) is 12.1 Å². The van der Waals surface area contributed by atoms with Crippen molar-refractivity contribution in [3.05, 3.63) is 53.0 Å². The van der Waals surface area contributed by atoms with E-state index in [9.17, 15) is 9.59 Å². The van der Waals surface area contributed by atoms with Crippen LogP contribution in [0.3, 0.4) is 0 Å². The first kappa shape index (κ1) is 19.9. The molecule has 1 saturated heterocycles. The van der Waals surface area contributed by atoms with E-state index in [-0.39, 0.29) is 11.8 Å². The normalized spacial score (nSPS) is 14.0. The van der Waals surface area contributed by atoms with Crippen LogP contribution in [-0.2, 0) is 7.05 Å². The zero-order valence-electron chi connectivity index (χ0n) is 17.5. The summed E-state index contributed by atoms with van der Waals surface area (Å²) in [5, 5.41) is 14.4. The second-order valence-electron chi connectivity index (χ2n) is 7.69. The SMILES string of the molecule is Cc1nn(C)c(C)c1-c1cc(C(=O)Nc2ccccc2C(=O)N2CCCCC2)[nH]n1. The first-order valence-corrected chi connectivity index (χ1v) is 10.2. The number of rotatable bonds is 4. The highest BCUT2D eigenvalue weighted by atomic mass is 16.2. The third-order valence-electron chi connectivity index (χ3n) is 5.64. The van der Waals surface area contributed by atoms with Crippen molar-refractivity contribution in [2.45, 2.75) is 33.1 Å². The first-order valence-electron chi connectivity index (χ1n) is 10.2. The van der Waals surface area contributed by atoms with Crippen molar-refractivity contribution in [3.63, 3.8) is 0 Å². The van der Waals surface area contributed by atoms with Crippen LogP contribution >= 0.6 is 0 Å². The molecule has 2 N–H and O–H groups in total. The molecule has 0 radical (unpaired) electrons. The molecule has 0 aliphatic carbocycles. The molecule has 8 nitrogen and oxygen atoms in total. The molecule has 1 aliphatic rings. The van der Waals surface area contributed by atoms with Gasteiger partial charge in [0.05, 0.1) is 22.6 Å². The quantitative estimate of drug-likeness (QED) is 0.695. The Morgan fingerprint density at radius 3 is 2.53 bits per heavy atom. The summed E-state index contributed by atoms with van der Waals surface area (Å²) in [5.41, 5.74) is 4.74. The van der Waals surface area contributed by atoms with Crippen molar-refractivity contribution in [2.75, 3.05) is 18.4 Å². The number of hydrogen-bond acceptors (Lipinski definition) is 4. The lowest BCUT2D eigenvalue weighted by Gasteiger charge is -2.27. The molecule has 1 fully saturated rings. The average molecular weight is 406 g/mol. The number of para-hydroxylation sites is 1. The van der Waals surface area contributed by atoms with E-state index in [1.807, 2.05) is 37.9 Å². The minimum absolute atomic E-state index is 0.0440. The number of aryl methyl sites for hydroxylation is 2. The minimum atomic E-state index is -0.341. The Balaban J connectivity index is 1.55. The fraction of sp³-hybridized carbons (Fsp3) is 0.364. The van der Waals surface area contributed by atoms with E-state index in [4.69, 9.17) is 0 Å². The van der Waals surface area contributed by atoms with E-state index in [0.29, 0.717) is 22.6 Å². The van der Waals surface area contributed by atoms with Gasteiger partial charge >= 0.3 is 0 Å². The number of carbonyl (C=O) groups excluding carboxylic acids is 2. The van der Waals surface area contributed by atoms with Crippen molar-refractivity contribution in [3.8, 4) is 11.3 Å². The summed E-state index contributed by atoms with van der Waals surface area (Å²) in [4.78, 5) is 27.7. The molecule has 156 valence electrons. The molecule has 1 aliphatic heterocycles. The lowest BCUT2D eigenvalue weighted by atomic mass is 10.1. The van der Waals surface area contributed by atoms with Crippen LogP contribution in [0.5, 0.6) is 0 Å². The van der Waals surface area contributed by atoms with Gasteiger partial charge in [0, 0.05) is 31.4 Å². The molecule has 3 aromatic rings. The van der Waals surface area contributed by atoms with Crippen molar-refractivity contribution in [1.29, 1.82) is 0 Å². The number of aromatic nitrogens is 4. The van der Waals surface area contributed by atoms with Crippen LogP contribution in [-0.4, -0.2) is 49.8 Å². The minimum Gasteiger partial charge on any atom is -0.339 e. The number of nitrogens with zero attached hydrogens (tertiary/aromatic N) is 4. The summed E-state index contributed by atoms with van der Waals surface area (Å²) >= 11 is 0. The monoisotopic (exact) mass is 406 g/mol. The number of amides is 2. The predicted octanol–water partition coefficient (Wildman–Crippen LogP) is 3.31. The van der Waals surface area contributed by atoms with Gasteiger partial charge in [0.15, 0.2) is 0 Å². The molecule has 4 rings (SSSR count). The lowest BCUT2D eigenvalue weighted by molar-refractivity contribution is 0.0725. The number of piperidine rings is 1. The molecule has 0 bridgehead atoms. The summed E-state index contributed by atoms with van der Waals surface area (Å²) in [6.07, 6.45) is 3.19. The van der Waals surface area contributed by atoms with Gasteiger partial charge in [0.25, 0.3) is 11.8 Å². The summed E-state index contributed by atoms with van der Waals surface area (Å²) in [6.45, 7) is 5.40.